The van der Waals surface area contributed by atoms with Gasteiger partial charge in [0.05, 0.1) is 44.1 Å². The normalized spacial score (nSPS) is 11.8. The van der Waals surface area contributed by atoms with Crippen LogP contribution in [0, 0.1) is 0 Å². The molecule has 14 aromatic rings. The molecule has 0 amide bonds. The maximum Gasteiger partial charge on any atom is 0.220 e. The van der Waals surface area contributed by atoms with Gasteiger partial charge in [-0.3, -0.25) is 17.9 Å². The summed E-state index contributed by atoms with van der Waals surface area (Å²) >= 11 is 0. The predicted molar refractivity (Wildman–Crippen MR) is 280 cm³/mol. The first-order valence-corrected chi connectivity index (χ1v) is 23.1. The lowest BCUT2D eigenvalue weighted by molar-refractivity contribution is 1.11. The zero-order valence-corrected chi connectivity index (χ0v) is 36.8. The fraction of sp³-hybridized carbons (Fsp3) is 0. The van der Waals surface area contributed by atoms with Crippen LogP contribution in [0.1, 0.15) is 0 Å². The van der Waals surface area contributed by atoms with Crippen molar-refractivity contribution in [3.8, 4) is 67.0 Å². The lowest BCUT2D eigenvalue weighted by Gasteiger charge is -2.10. The van der Waals surface area contributed by atoms with E-state index in [0.29, 0.717) is 0 Å². The van der Waals surface area contributed by atoms with Crippen LogP contribution >= 0.6 is 0 Å². The SMILES string of the molecule is c1ccc(-c2ccc(-c3cccc(-n4c5ccc(-c6ccc7c(c6)n6c8ccccc8nc6n7-c6ccc(-c7cccc(-c8ccccc8)c7)cc6)cc5n5c6ccccc6nc45)c3)cc2)cc1. The Kier molecular flexibility index (Phi) is 8.48. The second-order valence-corrected chi connectivity index (χ2v) is 17.5. The van der Waals surface area contributed by atoms with E-state index >= 15 is 0 Å². The molecule has 6 nitrogen and oxygen atoms in total. The molecule has 68 heavy (non-hydrogen) atoms. The molecular formula is C62H40N6. The maximum atomic E-state index is 5.26. The van der Waals surface area contributed by atoms with Crippen molar-refractivity contribution in [3.05, 3.63) is 243 Å². The van der Waals surface area contributed by atoms with Crippen molar-refractivity contribution in [3.63, 3.8) is 0 Å². The van der Waals surface area contributed by atoms with E-state index in [-0.39, 0.29) is 0 Å². The third kappa shape index (κ3) is 6.05. The first kappa shape index (κ1) is 38.1. The topological polar surface area (TPSA) is 44.5 Å². The molecule has 0 aliphatic heterocycles. The smallest absolute Gasteiger partial charge is 0.220 e. The molecule has 10 aromatic carbocycles. The van der Waals surface area contributed by atoms with Gasteiger partial charge in [-0.05, 0) is 134 Å². The lowest BCUT2D eigenvalue weighted by Crippen LogP contribution is -1.95. The average molecular weight is 869 g/mol. The minimum absolute atomic E-state index is 0.879. The summed E-state index contributed by atoms with van der Waals surface area (Å²) in [7, 11) is 0. The summed E-state index contributed by atoms with van der Waals surface area (Å²) in [4.78, 5) is 10.5. The van der Waals surface area contributed by atoms with Crippen LogP contribution in [0.2, 0.25) is 0 Å². The van der Waals surface area contributed by atoms with Crippen molar-refractivity contribution in [1.82, 2.24) is 27.9 Å². The maximum absolute atomic E-state index is 5.26. The highest BCUT2D eigenvalue weighted by atomic mass is 15.2. The van der Waals surface area contributed by atoms with E-state index in [0.717, 1.165) is 83.8 Å². The summed E-state index contributed by atoms with van der Waals surface area (Å²) in [6.45, 7) is 0. The summed E-state index contributed by atoms with van der Waals surface area (Å²) in [5.74, 6) is 1.76. The van der Waals surface area contributed by atoms with Crippen molar-refractivity contribution in [1.29, 1.82) is 0 Å². The van der Waals surface area contributed by atoms with Crippen molar-refractivity contribution in [2.75, 3.05) is 0 Å². The van der Waals surface area contributed by atoms with Crippen LogP contribution in [0.15, 0.2) is 243 Å². The van der Waals surface area contributed by atoms with Crippen LogP contribution in [0.4, 0.5) is 0 Å². The second kappa shape index (κ2) is 15.2. The molecule has 0 saturated heterocycles. The zero-order chi connectivity index (χ0) is 44.7. The fourth-order valence-electron chi connectivity index (χ4n) is 10.3. The van der Waals surface area contributed by atoms with Crippen LogP contribution in [-0.4, -0.2) is 27.9 Å². The number of rotatable bonds is 7. The molecule has 0 N–H and O–H groups in total. The molecule has 0 unspecified atom stereocenters. The van der Waals surface area contributed by atoms with Gasteiger partial charge in [0.25, 0.3) is 0 Å². The molecule has 0 aliphatic rings. The third-order valence-corrected chi connectivity index (χ3v) is 13.6. The number of benzene rings is 10. The molecule has 0 saturated carbocycles. The number of imidazole rings is 4. The molecule has 0 aliphatic carbocycles. The van der Waals surface area contributed by atoms with E-state index in [1.165, 1.54) is 38.9 Å². The second-order valence-electron chi connectivity index (χ2n) is 17.5. The number of para-hydroxylation sites is 4. The Bertz CT molecular complexity index is 4230. The van der Waals surface area contributed by atoms with Crippen molar-refractivity contribution >= 4 is 55.7 Å². The molecule has 4 aromatic heterocycles. The molecular weight excluding hydrogens is 829 g/mol. The largest absolute Gasteiger partial charge is 0.278 e. The minimum atomic E-state index is 0.879. The highest BCUT2D eigenvalue weighted by Gasteiger charge is 2.21. The standard InChI is InChI=1S/C62H40N6/c1-3-13-41(14-4-1)43-25-27-44(28-26-43)48-19-12-20-52(38-48)66-58-36-32-50(40-60(58)68-56-24-10-8-22-54(56)64-62(66)68)49-31-35-57-59(39-49)67-55-23-9-7-21-53(55)63-61(67)65(57)51-33-29-45(30-34-51)47-18-11-17-46(37-47)42-15-5-2-6-16-42/h1-40H. The quantitative estimate of drug-likeness (QED) is 0.160. The number of fused-ring (bicyclic) bond motifs is 10. The van der Waals surface area contributed by atoms with Crippen LogP contribution in [0.3, 0.4) is 0 Å². The van der Waals surface area contributed by atoms with Crippen LogP contribution in [-0.2, 0) is 0 Å². The van der Waals surface area contributed by atoms with Gasteiger partial charge in [-0.25, -0.2) is 9.97 Å². The Hall–Kier alpha value is -9.26. The third-order valence-electron chi connectivity index (χ3n) is 13.6. The van der Waals surface area contributed by atoms with Gasteiger partial charge in [-0.1, -0.05) is 164 Å². The van der Waals surface area contributed by atoms with Gasteiger partial charge in [0.2, 0.25) is 11.6 Å². The first-order valence-electron chi connectivity index (χ1n) is 23.1. The Balaban J connectivity index is 0.886. The molecule has 0 spiro atoms. The van der Waals surface area contributed by atoms with E-state index in [1.54, 1.807) is 0 Å². The minimum Gasteiger partial charge on any atom is -0.278 e. The summed E-state index contributed by atoms with van der Waals surface area (Å²) in [5, 5.41) is 0. The number of nitrogens with zero attached hydrogens (tertiary/aromatic N) is 6. The summed E-state index contributed by atoms with van der Waals surface area (Å²) in [6.07, 6.45) is 0. The lowest BCUT2D eigenvalue weighted by atomic mass is 9.99. The molecule has 6 heteroatoms. The Morgan fingerprint density at radius 2 is 0.588 bits per heavy atom. The van der Waals surface area contributed by atoms with Crippen LogP contribution < -0.4 is 0 Å². The molecule has 0 fully saturated rings. The van der Waals surface area contributed by atoms with Crippen molar-refractivity contribution < 1.29 is 0 Å². The van der Waals surface area contributed by atoms with Gasteiger partial charge in [0, 0.05) is 11.4 Å². The predicted octanol–water partition coefficient (Wildman–Crippen LogP) is 15.5. The van der Waals surface area contributed by atoms with Gasteiger partial charge >= 0.3 is 0 Å². The van der Waals surface area contributed by atoms with Crippen LogP contribution in [0.5, 0.6) is 0 Å². The average Bonchev–Trinajstić information content (AvgIpc) is 4.16. The van der Waals surface area contributed by atoms with Crippen LogP contribution in [0.25, 0.3) is 123 Å². The van der Waals surface area contributed by atoms with E-state index in [1.807, 2.05) is 0 Å². The Morgan fingerprint density at radius 3 is 1.13 bits per heavy atom. The molecule has 0 atom stereocenters. The Labute approximate surface area is 391 Å². The number of aromatic nitrogens is 6. The van der Waals surface area contributed by atoms with E-state index in [4.69, 9.17) is 9.97 Å². The Morgan fingerprint density at radius 1 is 0.221 bits per heavy atom. The fourth-order valence-corrected chi connectivity index (χ4v) is 10.3. The molecule has 4 heterocycles. The molecule has 0 radical (unpaired) electrons. The monoisotopic (exact) mass is 868 g/mol. The highest BCUT2D eigenvalue weighted by molar-refractivity contribution is 5.97. The molecule has 14 rings (SSSR count). The molecule has 318 valence electrons. The summed E-state index contributed by atoms with van der Waals surface area (Å²) in [5.41, 5.74) is 22.3. The molecule has 0 bridgehead atoms. The number of hydrogen-bond donors (Lipinski definition) is 0. The van der Waals surface area contributed by atoms with E-state index in [9.17, 15) is 0 Å². The van der Waals surface area contributed by atoms with Gasteiger partial charge in [0.1, 0.15) is 0 Å². The van der Waals surface area contributed by atoms with Gasteiger partial charge in [-0.15, -0.1) is 0 Å². The number of hydrogen-bond acceptors (Lipinski definition) is 2. The van der Waals surface area contributed by atoms with Gasteiger partial charge in [0.15, 0.2) is 0 Å². The first-order chi connectivity index (χ1) is 33.7. The van der Waals surface area contributed by atoms with Crippen molar-refractivity contribution in [2.45, 2.75) is 0 Å². The zero-order valence-electron chi connectivity index (χ0n) is 36.8. The van der Waals surface area contributed by atoms with E-state index < -0.39 is 0 Å². The van der Waals surface area contributed by atoms with E-state index in [2.05, 4.69) is 261 Å². The van der Waals surface area contributed by atoms with Crippen molar-refractivity contribution in [2.24, 2.45) is 0 Å². The van der Waals surface area contributed by atoms with Gasteiger partial charge in [-0.2, -0.15) is 0 Å². The summed E-state index contributed by atoms with van der Waals surface area (Å²) in [6, 6.07) is 86.9. The van der Waals surface area contributed by atoms with Gasteiger partial charge < -0.3 is 0 Å². The highest BCUT2D eigenvalue weighted by Crippen LogP contribution is 2.37. The summed E-state index contributed by atoms with van der Waals surface area (Å²) < 4.78 is 9.22.